The Bertz CT molecular complexity index is 675. The SMILES string of the molecule is C=COC(=O)C(OC)C(OB1OC(C(=O)OC=C)C(C(=O)OC=C)O1)C(=O)OC=C. The van der Waals surface area contributed by atoms with E-state index in [1.165, 1.54) is 0 Å². The summed E-state index contributed by atoms with van der Waals surface area (Å²) in [5.74, 6) is -4.35. The number of hydrogen-bond donors (Lipinski definition) is 0. The lowest BCUT2D eigenvalue weighted by Crippen LogP contribution is -2.47. The van der Waals surface area contributed by atoms with Gasteiger partial charge in [-0.1, -0.05) is 26.3 Å². The van der Waals surface area contributed by atoms with E-state index < -0.39 is 55.6 Å². The highest BCUT2D eigenvalue weighted by Crippen LogP contribution is 2.23. The first kappa shape index (κ1) is 24.8. The predicted molar refractivity (Wildman–Crippen MR) is 96.3 cm³/mol. The molecule has 0 aliphatic carbocycles. The first-order valence-corrected chi connectivity index (χ1v) is 8.09. The summed E-state index contributed by atoms with van der Waals surface area (Å²) in [5.41, 5.74) is 0. The molecule has 0 saturated carbocycles. The Morgan fingerprint density at radius 3 is 1.53 bits per heavy atom. The summed E-state index contributed by atoms with van der Waals surface area (Å²) >= 11 is 0. The molecule has 1 rings (SSSR count). The number of carbonyl (C=O) groups is 4. The molecule has 1 fully saturated rings. The normalized spacial score (nSPS) is 19.6. The topological polar surface area (TPSA) is 142 Å². The molecule has 0 spiro atoms. The van der Waals surface area contributed by atoms with Crippen molar-refractivity contribution in [2.45, 2.75) is 24.4 Å². The van der Waals surface area contributed by atoms with E-state index in [1.807, 2.05) is 0 Å². The van der Waals surface area contributed by atoms with Crippen LogP contribution in [-0.2, 0) is 56.8 Å². The van der Waals surface area contributed by atoms with Crippen LogP contribution in [0.5, 0.6) is 0 Å². The minimum Gasteiger partial charge on any atom is -0.433 e. The van der Waals surface area contributed by atoms with Crippen molar-refractivity contribution in [3.05, 3.63) is 51.4 Å². The number of rotatable bonds is 12. The molecule has 0 radical (unpaired) electrons. The molecule has 162 valence electrons. The molecule has 1 aliphatic heterocycles. The third kappa shape index (κ3) is 6.38. The zero-order valence-corrected chi connectivity index (χ0v) is 15.9. The van der Waals surface area contributed by atoms with Crippen LogP contribution in [0.15, 0.2) is 51.4 Å². The van der Waals surface area contributed by atoms with Crippen molar-refractivity contribution in [3.63, 3.8) is 0 Å². The van der Waals surface area contributed by atoms with Crippen LogP contribution < -0.4 is 0 Å². The van der Waals surface area contributed by atoms with Gasteiger partial charge in [0.15, 0.2) is 24.4 Å². The molecule has 1 heterocycles. The predicted octanol–water partition coefficient (Wildman–Crippen LogP) is -0.0977. The summed E-state index contributed by atoms with van der Waals surface area (Å²) in [7, 11) is -0.747. The highest BCUT2D eigenvalue weighted by Gasteiger charge is 2.53. The second kappa shape index (κ2) is 12.3. The van der Waals surface area contributed by atoms with E-state index in [2.05, 4.69) is 45.3 Å². The number of carbonyl (C=O) groups excluding carboxylic acids is 4. The van der Waals surface area contributed by atoms with Crippen LogP contribution in [0.3, 0.4) is 0 Å². The van der Waals surface area contributed by atoms with Crippen LogP contribution in [0.1, 0.15) is 0 Å². The Kier molecular flexibility index (Phi) is 10.2. The molecule has 13 heteroatoms. The average Bonchev–Trinajstić information content (AvgIpc) is 3.13. The van der Waals surface area contributed by atoms with Crippen LogP contribution in [-0.4, -0.2) is 62.7 Å². The molecule has 0 aromatic rings. The minimum absolute atomic E-state index is 0.773. The molecule has 4 unspecified atom stereocenters. The van der Waals surface area contributed by atoms with Gasteiger partial charge in [0.1, 0.15) is 0 Å². The Labute approximate surface area is 171 Å². The summed E-state index contributed by atoms with van der Waals surface area (Å²) < 4.78 is 38.9. The summed E-state index contributed by atoms with van der Waals surface area (Å²) in [6.45, 7) is 12.9. The van der Waals surface area contributed by atoms with Crippen molar-refractivity contribution in [1.82, 2.24) is 0 Å². The zero-order valence-electron chi connectivity index (χ0n) is 15.9. The maximum Gasteiger partial charge on any atom is 0.641 e. The quantitative estimate of drug-likeness (QED) is 0.178. The first-order chi connectivity index (χ1) is 14.3. The zero-order chi connectivity index (χ0) is 22.7. The minimum atomic E-state index is -1.83. The third-order valence-electron chi connectivity index (χ3n) is 3.30. The lowest BCUT2D eigenvalue weighted by atomic mass is 10.1. The Balaban J connectivity index is 3.11. The molecule has 12 nitrogen and oxygen atoms in total. The van der Waals surface area contributed by atoms with Crippen molar-refractivity contribution < 1.29 is 56.8 Å². The maximum atomic E-state index is 12.2. The second-order valence-corrected chi connectivity index (χ2v) is 5.03. The highest BCUT2D eigenvalue weighted by atomic mass is 16.8. The maximum absolute atomic E-state index is 12.2. The first-order valence-electron chi connectivity index (χ1n) is 8.09. The van der Waals surface area contributed by atoms with Crippen molar-refractivity contribution in [2.24, 2.45) is 0 Å². The number of hydrogen-bond acceptors (Lipinski definition) is 12. The highest BCUT2D eigenvalue weighted by molar-refractivity contribution is 6.39. The fraction of sp³-hybridized carbons (Fsp3) is 0.294. The van der Waals surface area contributed by atoms with E-state index in [4.69, 9.17) is 18.7 Å². The number of esters is 4. The summed E-state index contributed by atoms with van der Waals surface area (Å²) in [6.07, 6.45) is -3.63. The molecule has 0 aromatic heterocycles. The van der Waals surface area contributed by atoms with Gasteiger partial charge in [0.05, 0.1) is 25.0 Å². The van der Waals surface area contributed by atoms with Crippen LogP contribution in [0.2, 0.25) is 0 Å². The van der Waals surface area contributed by atoms with Crippen molar-refractivity contribution in [2.75, 3.05) is 7.11 Å². The van der Waals surface area contributed by atoms with Crippen molar-refractivity contribution in [3.8, 4) is 0 Å². The van der Waals surface area contributed by atoms with Gasteiger partial charge in [-0.15, -0.1) is 0 Å². The fourth-order valence-corrected chi connectivity index (χ4v) is 2.15. The molecule has 30 heavy (non-hydrogen) atoms. The average molecular weight is 426 g/mol. The standard InChI is InChI=1S/C17H19BO12/c1-6-24-14(19)10(23-5)11(15(20)25-7-2)28-18-29-12(16(21)26-8-3)13(30-18)17(22)27-9-4/h6-13H,1-4H2,5H3. The van der Waals surface area contributed by atoms with Crippen LogP contribution >= 0.6 is 0 Å². The van der Waals surface area contributed by atoms with E-state index in [9.17, 15) is 19.2 Å². The van der Waals surface area contributed by atoms with Gasteiger partial charge in [-0.05, 0) is 0 Å². The van der Waals surface area contributed by atoms with Gasteiger partial charge in [-0.25, -0.2) is 19.2 Å². The molecule has 1 aliphatic rings. The molecular formula is C17H19BO12. The van der Waals surface area contributed by atoms with Crippen LogP contribution in [0, 0.1) is 0 Å². The Morgan fingerprint density at radius 2 is 1.17 bits per heavy atom. The summed E-state index contributed by atoms with van der Waals surface area (Å²) in [4.78, 5) is 48.3. The second-order valence-electron chi connectivity index (χ2n) is 5.03. The lowest BCUT2D eigenvalue weighted by Gasteiger charge is -2.23. The smallest absolute Gasteiger partial charge is 0.433 e. The van der Waals surface area contributed by atoms with Crippen LogP contribution in [0.4, 0.5) is 0 Å². The molecule has 0 N–H and O–H groups in total. The summed E-state index contributed by atoms with van der Waals surface area (Å²) in [5, 5.41) is 0. The molecule has 4 atom stereocenters. The van der Waals surface area contributed by atoms with E-state index in [0.29, 0.717) is 0 Å². The van der Waals surface area contributed by atoms with Gasteiger partial charge >= 0.3 is 31.2 Å². The lowest BCUT2D eigenvalue weighted by molar-refractivity contribution is -0.169. The van der Waals surface area contributed by atoms with E-state index in [1.54, 1.807) is 0 Å². The van der Waals surface area contributed by atoms with Crippen molar-refractivity contribution in [1.29, 1.82) is 0 Å². The Hall–Kier alpha value is -3.26. The van der Waals surface area contributed by atoms with Gasteiger partial charge in [-0.2, -0.15) is 0 Å². The van der Waals surface area contributed by atoms with E-state index >= 15 is 0 Å². The third-order valence-corrected chi connectivity index (χ3v) is 3.30. The van der Waals surface area contributed by atoms with Crippen molar-refractivity contribution >= 4 is 31.2 Å². The molecule has 0 amide bonds. The monoisotopic (exact) mass is 426 g/mol. The Morgan fingerprint density at radius 1 is 0.767 bits per heavy atom. The molecular weight excluding hydrogens is 407 g/mol. The van der Waals surface area contributed by atoms with Gasteiger partial charge in [-0.3, -0.25) is 0 Å². The molecule has 0 bridgehead atoms. The largest absolute Gasteiger partial charge is 0.641 e. The van der Waals surface area contributed by atoms with Gasteiger partial charge in [0.2, 0.25) is 0 Å². The molecule has 1 saturated heterocycles. The van der Waals surface area contributed by atoms with E-state index in [0.717, 1.165) is 32.2 Å². The van der Waals surface area contributed by atoms with E-state index in [-0.39, 0.29) is 0 Å². The van der Waals surface area contributed by atoms with Gasteiger partial charge < -0.3 is 37.6 Å². The van der Waals surface area contributed by atoms with Gasteiger partial charge in [0.25, 0.3) is 0 Å². The fourth-order valence-electron chi connectivity index (χ4n) is 2.15. The number of methoxy groups -OCH3 is 1. The van der Waals surface area contributed by atoms with Gasteiger partial charge in [0, 0.05) is 7.11 Å². The molecule has 0 aromatic carbocycles. The summed E-state index contributed by atoms with van der Waals surface area (Å²) in [6, 6.07) is 0. The number of ether oxygens (including phenoxy) is 5. The van der Waals surface area contributed by atoms with Crippen LogP contribution in [0.25, 0.3) is 0 Å².